The average molecular weight is 738 g/mol. The SMILES string of the molecule is NC1=NC(C(=CC(=O)O)C(CC2C3C=CC(CCCCCC(C=O)CCCO)C2c2cc4cc(CC=O)ccc4cc2C3)Nc2ccc[nH]2)CC(CO)N1. The number of aromatic amines is 1. The number of carboxylic acids is 1. The molecule has 2 aromatic carbocycles. The Morgan fingerprint density at radius 2 is 1.89 bits per heavy atom. The van der Waals surface area contributed by atoms with Crippen molar-refractivity contribution >= 4 is 41.1 Å². The summed E-state index contributed by atoms with van der Waals surface area (Å²) >= 11 is 0. The van der Waals surface area contributed by atoms with Crippen LogP contribution in [0.4, 0.5) is 5.82 Å². The van der Waals surface area contributed by atoms with E-state index >= 15 is 0 Å². The first kappa shape index (κ1) is 39.0. The number of nitrogens with two attached hydrogens (primary N) is 1. The quantitative estimate of drug-likeness (QED) is 0.0343. The van der Waals surface area contributed by atoms with Crippen molar-refractivity contribution in [2.24, 2.45) is 34.4 Å². The van der Waals surface area contributed by atoms with Gasteiger partial charge in [0.25, 0.3) is 0 Å². The molecule has 2 heterocycles. The summed E-state index contributed by atoms with van der Waals surface area (Å²) in [6.45, 7) is -0.0485. The van der Waals surface area contributed by atoms with Crippen LogP contribution >= 0.6 is 0 Å². The Kier molecular flexibility index (Phi) is 13.4. The number of aldehydes is 2. The molecule has 8 N–H and O–H groups in total. The molecule has 0 radical (unpaired) electrons. The van der Waals surface area contributed by atoms with Gasteiger partial charge in [0.05, 0.1) is 24.7 Å². The van der Waals surface area contributed by atoms with Crippen LogP contribution in [0.3, 0.4) is 0 Å². The minimum absolute atomic E-state index is 0.0103. The van der Waals surface area contributed by atoms with Crippen molar-refractivity contribution in [3.8, 4) is 0 Å². The van der Waals surface area contributed by atoms with Gasteiger partial charge >= 0.3 is 5.97 Å². The van der Waals surface area contributed by atoms with E-state index in [1.165, 1.54) is 17.2 Å². The number of aliphatic imine (C=N–C) groups is 1. The third-order valence-electron chi connectivity index (χ3n) is 11.8. The van der Waals surface area contributed by atoms with Gasteiger partial charge < -0.3 is 46.3 Å². The summed E-state index contributed by atoms with van der Waals surface area (Å²) in [5.41, 5.74) is 10.4. The van der Waals surface area contributed by atoms with Gasteiger partial charge in [0.15, 0.2) is 5.96 Å². The molecule has 2 aliphatic carbocycles. The fraction of sp³-hybridized carbons (Fsp3) is 0.488. The van der Waals surface area contributed by atoms with Crippen LogP contribution in [-0.4, -0.2) is 76.1 Å². The molecule has 3 aliphatic rings. The number of guanidine groups is 1. The number of carbonyl (C=O) groups is 3. The summed E-state index contributed by atoms with van der Waals surface area (Å²) in [6, 6.07) is 13.5. The molecule has 8 unspecified atom stereocenters. The van der Waals surface area contributed by atoms with Gasteiger partial charge in [0.2, 0.25) is 0 Å². The van der Waals surface area contributed by atoms with Gasteiger partial charge in [0.1, 0.15) is 18.4 Å². The molecule has 2 bridgehead atoms. The van der Waals surface area contributed by atoms with Gasteiger partial charge in [-0.2, -0.15) is 0 Å². The number of carboxylic acid groups (broad SMARTS) is 1. The Hall–Kier alpha value is -4.74. The zero-order valence-electron chi connectivity index (χ0n) is 30.9. The second kappa shape index (κ2) is 18.5. The van der Waals surface area contributed by atoms with Gasteiger partial charge in [-0.3, -0.25) is 0 Å². The predicted octanol–water partition coefficient (Wildman–Crippen LogP) is 5.42. The largest absolute Gasteiger partial charge is 0.478 e. The number of aromatic nitrogens is 1. The Balaban J connectivity index is 1.35. The Bertz CT molecular complexity index is 1840. The zero-order valence-corrected chi connectivity index (χ0v) is 30.9. The Morgan fingerprint density at radius 3 is 2.63 bits per heavy atom. The summed E-state index contributed by atoms with van der Waals surface area (Å²) in [7, 11) is 0. The number of hydrogen-bond acceptors (Lipinski definition) is 9. The van der Waals surface area contributed by atoms with Crippen molar-refractivity contribution in [2.75, 3.05) is 18.5 Å². The molecule has 288 valence electrons. The second-order valence-electron chi connectivity index (χ2n) is 15.4. The molecule has 3 aromatic rings. The van der Waals surface area contributed by atoms with E-state index in [0.717, 1.165) is 79.7 Å². The molecule has 0 saturated carbocycles. The fourth-order valence-electron chi connectivity index (χ4n) is 9.24. The summed E-state index contributed by atoms with van der Waals surface area (Å²) in [4.78, 5) is 43.4. The van der Waals surface area contributed by atoms with Crippen LogP contribution in [0, 0.1) is 23.7 Å². The molecular formula is C43H55N5O6. The van der Waals surface area contributed by atoms with E-state index in [0.29, 0.717) is 31.3 Å². The van der Waals surface area contributed by atoms with E-state index in [1.54, 1.807) is 0 Å². The molecule has 54 heavy (non-hydrogen) atoms. The topological polar surface area (TPSA) is 190 Å². The summed E-state index contributed by atoms with van der Waals surface area (Å²) in [5, 5.41) is 38.4. The Labute approximate surface area is 317 Å². The van der Waals surface area contributed by atoms with Gasteiger partial charge in [-0.15, -0.1) is 0 Å². The monoisotopic (exact) mass is 737 g/mol. The van der Waals surface area contributed by atoms with E-state index < -0.39 is 18.1 Å². The van der Waals surface area contributed by atoms with Gasteiger partial charge in [0, 0.05) is 31.2 Å². The first-order valence-electron chi connectivity index (χ1n) is 19.6. The average Bonchev–Trinajstić information content (AvgIpc) is 3.68. The highest BCUT2D eigenvalue weighted by molar-refractivity contribution is 5.86. The number of H-pyrrole nitrogens is 1. The number of nitrogens with zero attached hydrogens (tertiary/aromatic N) is 1. The zero-order chi connectivity index (χ0) is 38.0. The molecule has 6 rings (SSSR count). The first-order chi connectivity index (χ1) is 26.3. The number of aliphatic carboxylic acids is 1. The maximum atomic E-state index is 12.5. The van der Waals surface area contributed by atoms with Crippen LogP contribution in [0.5, 0.6) is 0 Å². The third-order valence-corrected chi connectivity index (χ3v) is 11.8. The lowest BCUT2D eigenvalue weighted by molar-refractivity contribution is -0.131. The van der Waals surface area contributed by atoms with Crippen molar-refractivity contribution in [1.29, 1.82) is 0 Å². The van der Waals surface area contributed by atoms with Crippen molar-refractivity contribution in [3.05, 3.63) is 89.2 Å². The van der Waals surface area contributed by atoms with Crippen LogP contribution in [0.15, 0.2) is 77.5 Å². The van der Waals surface area contributed by atoms with Crippen LogP contribution < -0.4 is 16.4 Å². The van der Waals surface area contributed by atoms with Crippen molar-refractivity contribution < 1.29 is 29.7 Å². The normalized spacial score (nSPS) is 24.6. The van der Waals surface area contributed by atoms with Crippen LogP contribution in [0.25, 0.3) is 10.8 Å². The highest BCUT2D eigenvalue weighted by atomic mass is 16.4. The molecule has 1 aliphatic heterocycles. The summed E-state index contributed by atoms with van der Waals surface area (Å²) < 4.78 is 0. The van der Waals surface area contributed by atoms with E-state index in [4.69, 9.17) is 5.73 Å². The maximum absolute atomic E-state index is 12.5. The van der Waals surface area contributed by atoms with E-state index in [9.17, 15) is 29.7 Å². The van der Waals surface area contributed by atoms with Crippen molar-refractivity contribution in [3.63, 3.8) is 0 Å². The number of aliphatic hydroxyl groups excluding tert-OH is 2. The number of allylic oxidation sites excluding steroid dienone is 2. The summed E-state index contributed by atoms with van der Waals surface area (Å²) in [6.07, 6.45) is 18.3. The number of nitrogens with one attached hydrogen (secondary N) is 3. The van der Waals surface area contributed by atoms with E-state index in [1.807, 2.05) is 24.4 Å². The van der Waals surface area contributed by atoms with E-state index in [2.05, 4.69) is 57.0 Å². The predicted molar refractivity (Wildman–Crippen MR) is 211 cm³/mol. The molecule has 0 amide bonds. The lowest BCUT2D eigenvalue weighted by atomic mass is 9.58. The number of carbonyl (C=O) groups excluding carboxylic acids is 2. The molecule has 0 fully saturated rings. The molecule has 11 heteroatoms. The second-order valence-corrected chi connectivity index (χ2v) is 15.4. The minimum atomic E-state index is -1.06. The van der Waals surface area contributed by atoms with Crippen molar-refractivity contribution in [2.45, 2.75) is 94.7 Å². The maximum Gasteiger partial charge on any atom is 0.328 e. The number of hydrogen-bond donors (Lipinski definition) is 7. The number of aliphatic hydroxyl groups is 2. The molecule has 0 spiro atoms. The summed E-state index contributed by atoms with van der Waals surface area (Å²) in [5.74, 6) is 0.704. The molecule has 1 aromatic heterocycles. The molecule has 8 atom stereocenters. The third kappa shape index (κ3) is 9.49. The molecule has 0 saturated heterocycles. The van der Waals surface area contributed by atoms with Gasteiger partial charge in [-0.05, 0) is 114 Å². The smallest absolute Gasteiger partial charge is 0.328 e. The first-order valence-corrected chi connectivity index (χ1v) is 19.6. The van der Waals surface area contributed by atoms with Crippen LogP contribution in [0.1, 0.15) is 80.4 Å². The van der Waals surface area contributed by atoms with Crippen molar-refractivity contribution in [1.82, 2.24) is 10.3 Å². The standard InChI is InChI=1S/C43H55N5O6/c44-43-46-34(26-52)22-38(48-43)37(24-41(53)54)39(47-40-9-4-15-45-40)23-36-31-13-12-29(8-3-1-2-6-28(25-51)7-5-16-49)42(36)35-21-32-18-27(14-17-50)10-11-30(32)19-33(35)20-31/h4,9-13,15,17-19,21,24-25,28-29,31,34,36,38-39,42,45,47,49,52H,1-3,5-8,14,16,20,22-23,26H2,(H,53,54)(H3,44,46,48). The number of unbranched alkanes of at least 4 members (excludes halogenated alkanes) is 2. The van der Waals surface area contributed by atoms with Gasteiger partial charge in [-0.1, -0.05) is 61.7 Å². The Morgan fingerprint density at radius 1 is 1.04 bits per heavy atom. The van der Waals surface area contributed by atoms with Crippen LogP contribution in [-0.2, 0) is 27.2 Å². The molecular weight excluding hydrogens is 683 g/mol. The van der Waals surface area contributed by atoms with Gasteiger partial charge in [-0.25, -0.2) is 9.79 Å². The number of fused-ring (bicyclic) bond motifs is 5. The van der Waals surface area contributed by atoms with Crippen LogP contribution in [0.2, 0.25) is 0 Å². The number of anilines is 1. The lowest BCUT2D eigenvalue weighted by Crippen LogP contribution is -2.50. The molecule has 11 nitrogen and oxygen atoms in total. The number of rotatable bonds is 20. The van der Waals surface area contributed by atoms with E-state index in [-0.39, 0.29) is 54.8 Å². The highest BCUT2D eigenvalue weighted by Gasteiger charge is 2.44. The lowest BCUT2D eigenvalue weighted by Gasteiger charge is -2.47. The highest BCUT2D eigenvalue weighted by Crippen LogP contribution is 2.52. The minimum Gasteiger partial charge on any atom is -0.478 e. The fourth-order valence-corrected chi connectivity index (χ4v) is 9.24. The number of benzene rings is 2.